The van der Waals surface area contributed by atoms with Crippen LogP contribution in [0.25, 0.3) is 11.1 Å². The molecule has 1 saturated carbocycles. The van der Waals surface area contributed by atoms with Crippen molar-refractivity contribution >= 4 is 30.8 Å². The summed E-state index contributed by atoms with van der Waals surface area (Å²) >= 11 is 12.1. The van der Waals surface area contributed by atoms with Crippen LogP contribution in [0.3, 0.4) is 0 Å². The summed E-state index contributed by atoms with van der Waals surface area (Å²) in [5, 5.41) is 0.176. The minimum Gasteiger partial charge on any atom is -0.205 e. The van der Waals surface area contributed by atoms with Crippen LogP contribution in [-0.4, -0.2) is 8.11 Å². The van der Waals surface area contributed by atoms with Gasteiger partial charge in [0.1, 0.15) is 5.82 Å². The Morgan fingerprint density at radius 1 is 0.793 bits per heavy atom. The fraction of sp³-hybridized carbons (Fsp3) is 0.520. The van der Waals surface area contributed by atoms with Gasteiger partial charge in [0.05, 0.1) is 5.02 Å². The molecule has 4 rings (SSSR count). The van der Waals surface area contributed by atoms with Gasteiger partial charge >= 0.3 is 0 Å². The van der Waals surface area contributed by atoms with Crippen molar-refractivity contribution in [3.05, 3.63) is 58.9 Å². The smallest absolute Gasteiger partial charge is 0.165 e. The lowest BCUT2D eigenvalue weighted by molar-refractivity contribution is 0.280. The van der Waals surface area contributed by atoms with Gasteiger partial charge in [0.2, 0.25) is 0 Å². The van der Waals surface area contributed by atoms with Crippen molar-refractivity contribution in [2.45, 2.75) is 69.4 Å². The lowest BCUT2D eigenvalue weighted by atomic mass is 9.76. The summed E-state index contributed by atoms with van der Waals surface area (Å²) in [6.07, 6.45) is 11.0. The maximum absolute atomic E-state index is 13.7. The molecule has 0 N–H and O–H groups in total. The van der Waals surface area contributed by atoms with Crippen molar-refractivity contribution in [1.82, 2.24) is 0 Å². The third kappa shape index (κ3) is 5.65. The van der Waals surface area contributed by atoms with Gasteiger partial charge in [-0.15, -0.1) is 0 Å². The molecular weight excluding hydrogens is 418 g/mol. The second-order valence-electron chi connectivity index (χ2n) is 9.01. The summed E-state index contributed by atoms with van der Waals surface area (Å²) in [7, 11) is -0.482. The molecule has 0 amide bonds. The van der Waals surface area contributed by atoms with E-state index >= 15 is 0 Å². The molecule has 1 aliphatic heterocycles. The van der Waals surface area contributed by atoms with Crippen LogP contribution in [0, 0.1) is 17.7 Å². The molecule has 29 heavy (non-hydrogen) atoms. The van der Waals surface area contributed by atoms with E-state index in [0.717, 1.165) is 23.0 Å². The van der Waals surface area contributed by atoms with E-state index < -0.39 is 8.11 Å². The first-order valence-corrected chi connectivity index (χ1v) is 14.4. The SMILES string of the molecule is Fc1cc(-c2ccc(C3CCC(CCC4CC[Si](Cl)CC4)CC3)cc2)ccc1Cl. The van der Waals surface area contributed by atoms with Gasteiger partial charge in [-0.3, -0.25) is 0 Å². The molecule has 2 aliphatic rings. The molecule has 0 bridgehead atoms. The number of halogens is 3. The molecule has 1 saturated heterocycles. The second-order valence-corrected chi connectivity index (χ2v) is 13.1. The Labute approximate surface area is 186 Å². The summed E-state index contributed by atoms with van der Waals surface area (Å²) in [5.41, 5.74) is 3.37. The van der Waals surface area contributed by atoms with E-state index in [0.29, 0.717) is 5.92 Å². The number of hydrogen-bond acceptors (Lipinski definition) is 0. The van der Waals surface area contributed by atoms with E-state index in [9.17, 15) is 4.39 Å². The Hall–Kier alpha value is -0.833. The predicted molar refractivity (Wildman–Crippen MR) is 125 cm³/mol. The van der Waals surface area contributed by atoms with Crippen molar-refractivity contribution in [3.8, 4) is 11.1 Å². The van der Waals surface area contributed by atoms with E-state index in [1.165, 1.54) is 75.1 Å². The number of benzene rings is 2. The van der Waals surface area contributed by atoms with Crippen LogP contribution in [0.1, 0.15) is 62.8 Å². The van der Waals surface area contributed by atoms with Crippen LogP contribution in [-0.2, 0) is 0 Å². The standard InChI is InChI=1S/C25H30Cl2FSi/c26-24-12-11-23(17-25(24)28)22-9-7-21(8-10-22)20-5-3-18(4-6-20)1-2-19-13-15-29(27)16-14-19/h7-12,17-20H,1-6,13-16H2. The highest BCUT2D eigenvalue weighted by molar-refractivity contribution is 7.07. The Morgan fingerprint density at radius 3 is 2.00 bits per heavy atom. The number of rotatable bonds is 5. The first-order chi connectivity index (χ1) is 14.1. The fourth-order valence-electron chi connectivity index (χ4n) is 5.16. The first-order valence-electron chi connectivity index (χ1n) is 11.1. The summed E-state index contributed by atoms with van der Waals surface area (Å²) in [6, 6.07) is 16.4. The quantitative estimate of drug-likeness (QED) is 0.317. The molecule has 2 aromatic carbocycles. The molecule has 0 unspecified atom stereocenters. The molecule has 4 heteroatoms. The van der Waals surface area contributed by atoms with Gasteiger partial charge in [-0.05, 0) is 84.3 Å². The maximum Gasteiger partial charge on any atom is 0.165 e. The molecule has 1 heterocycles. The fourth-order valence-corrected chi connectivity index (χ4v) is 7.62. The molecular formula is C25H30Cl2FSi. The van der Waals surface area contributed by atoms with E-state index in [1.807, 2.05) is 6.07 Å². The van der Waals surface area contributed by atoms with Crippen LogP contribution in [0.4, 0.5) is 4.39 Å². The average molecular weight is 449 g/mol. The number of hydrogen-bond donors (Lipinski definition) is 0. The topological polar surface area (TPSA) is 0 Å². The summed E-state index contributed by atoms with van der Waals surface area (Å²) in [6.45, 7) is 0. The van der Waals surface area contributed by atoms with E-state index in [1.54, 1.807) is 6.07 Å². The minimum atomic E-state index is -0.482. The molecule has 0 aromatic heterocycles. The zero-order valence-electron chi connectivity index (χ0n) is 17.0. The van der Waals surface area contributed by atoms with E-state index in [-0.39, 0.29) is 10.8 Å². The Morgan fingerprint density at radius 2 is 1.38 bits per heavy atom. The van der Waals surface area contributed by atoms with Gasteiger partial charge in [-0.1, -0.05) is 67.6 Å². The molecule has 2 aromatic rings. The summed E-state index contributed by atoms with van der Waals surface area (Å²) in [4.78, 5) is 0. The van der Waals surface area contributed by atoms with Gasteiger partial charge in [-0.2, -0.15) is 11.1 Å². The third-order valence-electron chi connectivity index (χ3n) is 7.11. The summed E-state index contributed by atoms with van der Waals surface area (Å²) in [5.74, 6) is 2.19. The second kappa shape index (κ2) is 9.98. The molecule has 2 fully saturated rings. The summed E-state index contributed by atoms with van der Waals surface area (Å²) < 4.78 is 13.7. The van der Waals surface area contributed by atoms with Crippen molar-refractivity contribution in [2.75, 3.05) is 0 Å². The van der Waals surface area contributed by atoms with Crippen molar-refractivity contribution in [2.24, 2.45) is 11.8 Å². The maximum atomic E-state index is 13.7. The van der Waals surface area contributed by atoms with Gasteiger partial charge in [0.25, 0.3) is 0 Å². The Balaban J connectivity index is 1.27. The zero-order chi connectivity index (χ0) is 20.2. The van der Waals surface area contributed by atoms with Crippen LogP contribution >= 0.6 is 22.7 Å². The van der Waals surface area contributed by atoms with E-state index in [2.05, 4.69) is 24.3 Å². The molecule has 0 nitrogen and oxygen atoms in total. The average Bonchev–Trinajstić information content (AvgIpc) is 2.76. The van der Waals surface area contributed by atoms with Crippen LogP contribution in [0.5, 0.6) is 0 Å². The highest BCUT2D eigenvalue weighted by Gasteiger charge is 2.25. The van der Waals surface area contributed by atoms with Crippen molar-refractivity contribution in [3.63, 3.8) is 0 Å². The molecule has 155 valence electrons. The predicted octanol–water partition coefficient (Wildman–Crippen LogP) is 8.84. The Bertz CT molecular complexity index is 791. The van der Waals surface area contributed by atoms with Gasteiger partial charge in [0.15, 0.2) is 8.11 Å². The Kier molecular flexibility index (Phi) is 7.37. The largest absolute Gasteiger partial charge is 0.205 e. The molecule has 0 spiro atoms. The lowest BCUT2D eigenvalue weighted by Gasteiger charge is -2.31. The molecule has 1 aliphatic carbocycles. The first kappa shape index (κ1) is 21.4. The molecule has 1 radical (unpaired) electrons. The van der Waals surface area contributed by atoms with Crippen molar-refractivity contribution in [1.29, 1.82) is 0 Å². The zero-order valence-corrected chi connectivity index (χ0v) is 19.5. The normalized spacial score (nSPS) is 24.0. The minimum absolute atomic E-state index is 0.176. The van der Waals surface area contributed by atoms with Gasteiger partial charge in [-0.25, -0.2) is 4.39 Å². The van der Waals surface area contributed by atoms with Gasteiger partial charge in [0, 0.05) is 0 Å². The third-order valence-corrected chi connectivity index (χ3v) is 10.2. The van der Waals surface area contributed by atoms with Crippen LogP contribution in [0.15, 0.2) is 42.5 Å². The van der Waals surface area contributed by atoms with Crippen LogP contribution < -0.4 is 0 Å². The highest BCUT2D eigenvalue weighted by atomic mass is 35.6. The highest BCUT2D eigenvalue weighted by Crippen LogP contribution is 2.40. The van der Waals surface area contributed by atoms with Crippen LogP contribution in [0.2, 0.25) is 17.1 Å². The van der Waals surface area contributed by atoms with Gasteiger partial charge < -0.3 is 0 Å². The lowest BCUT2D eigenvalue weighted by Crippen LogP contribution is -2.18. The molecule has 0 atom stereocenters. The van der Waals surface area contributed by atoms with Crippen molar-refractivity contribution < 1.29 is 4.39 Å². The van der Waals surface area contributed by atoms with E-state index in [4.69, 9.17) is 22.7 Å². The monoisotopic (exact) mass is 447 g/mol.